The zero-order valence-electron chi connectivity index (χ0n) is 11.8. The van der Waals surface area contributed by atoms with Crippen LogP contribution >= 0.6 is 0 Å². The first kappa shape index (κ1) is 13.8. The Bertz CT molecular complexity index is 730. The van der Waals surface area contributed by atoms with E-state index in [0.717, 1.165) is 25.9 Å². The molecule has 1 aromatic heterocycles. The van der Waals surface area contributed by atoms with Crippen LogP contribution in [0.5, 0.6) is 0 Å². The zero-order valence-corrected chi connectivity index (χ0v) is 11.8. The second kappa shape index (κ2) is 5.69. The summed E-state index contributed by atoms with van der Waals surface area (Å²) in [6, 6.07) is 6.39. The van der Waals surface area contributed by atoms with Gasteiger partial charge in [0.05, 0.1) is 11.9 Å². The van der Waals surface area contributed by atoms with Gasteiger partial charge in [0.2, 0.25) is 0 Å². The number of likely N-dealkylation sites (tertiary alicyclic amines) is 1. The highest BCUT2D eigenvalue weighted by Crippen LogP contribution is 2.18. The molecule has 1 aliphatic heterocycles. The van der Waals surface area contributed by atoms with Crippen molar-refractivity contribution in [1.82, 2.24) is 4.90 Å². The summed E-state index contributed by atoms with van der Waals surface area (Å²) in [5.74, 6) is 0.432. The molecule has 0 radical (unpaired) electrons. The lowest BCUT2D eigenvalue weighted by Gasteiger charge is -2.26. The third-order valence-electron chi connectivity index (χ3n) is 3.87. The number of carbonyl (C=O) groups is 1. The average molecular weight is 286 g/mol. The van der Waals surface area contributed by atoms with Crippen LogP contribution in [0.2, 0.25) is 0 Å². The summed E-state index contributed by atoms with van der Waals surface area (Å²) < 4.78 is 5.52. The van der Waals surface area contributed by atoms with Crippen molar-refractivity contribution in [1.29, 1.82) is 0 Å². The first-order valence-electron chi connectivity index (χ1n) is 7.25. The maximum Gasteiger partial charge on any atom is 0.253 e. The summed E-state index contributed by atoms with van der Waals surface area (Å²) in [6.45, 7) is 1.76. The first-order valence-corrected chi connectivity index (χ1v) is 7.25. The fraction of sp³-hybridized carbons (Fsp3) is 0.375. The second-order valence-electron chi connectivity index (χ2n) is 5.34. The molecule has 0 unspecified atom stereocenters. The van der Waals surface area contributed by atoms with E-state index in [-0.39, 0.29) is 17.9 Å². The summed E-state index contributed by atoms with van der Waals surface area (Å²) in [5, 5.41) is 0.426. The molecule has 1 aromatic carbocycles. The summed E-state index contributed by atoms with van der Waals surface area (Å²) in [5.41, 5.74) is 6.34. The average Bonchev–Trinajstić information content (AvgIpc) is 2.54. The number of nitrogens with zero attached hydrogens (tertiary/aromatic N) is 1. The van der Waals surface area contributed by atoms with Crippen LogP contribution in [0.4, 0.5) is 0 Å². The van der Waals surface area contributed by atoms with Crippen molar-refractivity contribution in [3.05, 3.63) is 45.8 Å². The summed E-state index contributed by atoms with van der Waals surface area (Å²) in [4.78, 5) is 26.4. The van der Waals surface area contributed by atoms with Crippen LogP contribution < -0.4 is 11.2 Å². The number of nitrogens with two attached hydrogens (primary N) is 1. The van der Waals surface area contributed by atoms with Crippen molar-refractivity contribution in [3.63, 3.8) is 0 Å². The Balaban J connectivity index is 1.99. The van der Waals surface area contributed by atoms with Crippen molar-refractivity contribution < 1.29 is 9.21 Å². The highest BCUT2D eigenvalue weighted by Gasteiger charge is 2.19. The van der Waals surface area contributed by atoms with E-state index in [0.29, 0.717) is 22.3 Å². The molecule has 1 saturated heterocycles. The smallest absolute Gasteiger partial charge is 0.253 e. The van der Waals surface area contributed by atoms with Crippen LogP contribution in [0.3, 0.4) is 0 Å². The molecule has 5 nitrogen and oxygen atoms in total. The van der Waals surface area contributed by atoms with Gasteiger partial charge in [-0.3, -0.25) is 9.59 Å². The minimum Gasteiger partial charge on any atom is -0.459 e. The number of rotatable bonds is 2. The van der Waals surface area contributed by atoms with Crippen molar-refractivity contribution in [3.8, 4) is 0 Å². The number of benzene rings is 1. The Kier molecular flexibility index (Phi) is 3.75. The monoisotopic (exact) mass is 286 g/mol. The van der Waals surface area contributed by atoms with Gasteiger partial charge in [0.1, 0.15) is 11.3 Å². The molecule has 2 N–H and O–H groups in total. The highest BCUT2D eigenvalue weighted by molar-refractivity contribution is 5.97. The van der Waals surface area contributed by atoms with Crippen LogP contribution in [-0.4, -0.2) is 23.9 Å². The standard InChI is InChI=1S/C16H18N2O3/c17-10-12-9-14(19)13-8-11(4-5-15(13)21-12)16(20)18-6-2-1-3-7-18/h4-5,8-9H,1-3,6-7,10,17H2. The van der Waals surface area contributed by atoms with Gasteiger partial charge in [-0.05, 0) is 37.5 Å². The molecule has 5 heteroatoms. The SMILES string of the molecule is NCc1cc(=O)c2cc(C(=O)N3CCCCC3)ccc2o1. The van der Waals surface area contributed by atoms with Crippen LogP contribution in [0, 0.1) is 0 Å². The zero-order chi connectivity index (χ0) is 14.8. The Morgan fingerprint density at radius 1 is 1.19 bits per heavy atom. The number of hydrogen-bond donors (Lipinski definition) is 1. The van der Waals surface area contributed by atoms with Gasteiger partial charge in [0.15, 0.2) is 5.43 Å². The van der Waals surface area contributed by atoms with E-state index in [1.807, 2.05) is 4.90 Å². The number of carbonyl (C=O) groups excluding carboxylic acids is 1. The van der Waals surface area contributed by atoms with Crippen LogP contribution in [0.25, 0.3) is 11.0 Å². The lowest BCUT2D eigenvalue weighted by atomic mass is 10.1. The molecule has 1 amide bonds. The van der Waals surface area contributed by atoms with Crippen LogP contribution in [0.15, 0.2) is 33.5 Å². The fourth-order valence-corrected chi connectivity index (χ4v) is 2.72. The molecule has 2 aromatic rings. The van der Waals surface area contributed by atoms with Crippen LogP contribution in [-0.2, 0) is 6.54 Å². The topological polar surface area (TPSA) is 76.5 Å². The van der Waals surface area contributed by atoms with Gasteiger partial charge in [-0.1, -0.05) is 0 Å². The Morgan fingerprint density at radius 3 is 2.67 bits per heavy atom. The molecule has 0 aliphatic carbocycles. The lowest BCUT2D eigenvalue weighted by molar-refractivity contribution is 0.0724. The van der Waals surface area contributed by atoms with Gasteiger partial charge in [-0.25, -0.2) is 0 Å². The van der Waals surface area contributed by atoms with Gasteiger partial charge in [0.25, 0.3) is 5.91 Å². The molecular weight excluding hydrogens is 268 g/mol. The van der Waals surface area contributed by atoms with E-state index in [4.69, 9.17) is 10.2 Å². The summed E-state index contributed by atoms with van der Waals surface area (Å²) >= 11 is 0. The van der Waals surface area contributed by atoms with E-state index >= 15 is 0 Å². The Hall–Kier alpha value is -2.14. The Labute approximate surface area is 122 Å². The van der Waals surface area contributed by atoms with Crippen molar-refractivity contribution in [2.45, 2.75) is 25.8 Å². The minimum absolute atomic E-state index is 0.0149. The normalized spacial score (nSPS) is 15.4. The molecule has 2 heterocycles. The van der Waals surface area contributed by atoms with Crippen LogP contribution in [0.1, 0.15) is 35.4 Å². The van der Waals surface area contributed by atoms with Gasteiger partial charge >= 0.3 is 0 Å². The van der Waals surface area contributed by atoms with E-state index in [1.165, 1.54) is 12.5 Å². The largest absolute Gasteiger partial charge is 0.459 e. The molecule has 1 fully saturated rings. The van der Waals surface area contributed by atoms with Gasteiger partial charge in [0, 0.05) is 24.7 Å². The van der Waals surface area contributed by atoms with E-state index in [9.17, 15) is 9.59 Å². The van der Waals surface area contributed by atoms with Gasteiger partial charge < -0.3 is 15.1 Å². The number of fused-ring (bicyclic) bond motifs is 1. The molecule has 0 spiro atoms. The molecule has 1 aliphatic rings. The summed E-state index contributed by atoms with van der Waals surface area (Å²) in [6.07, 6.45) is 3.26. The van der Waals surface area contributed by atoms with Crippen molar-refractivity contribution in [2.75, 3.05) is 13.1 Å². The molecule has 21 heavy (non-hydrogen) atoms. The minimum atomic E-state index is -0.162. The second-order valence-corrected chi connectivity index (χ2v) is 5.34. The molecule has 0 bridgehead atoms. The van der Waals surface area contributed by atoms with Gasteiger partial charge in [-0.15, -0.1) is 0 Å². The van der Waals surface area contributed by atoms with E-state index in [1.54, 1.807) is 18.2 Å². The van der Waals surface area contributed by atoms with Gasteiger partial charge in [-0.2, -0.15) is 0 Å². The number of amides is 1. The molecule has 3 rings (SSSR count). The third-order valence-corrected chi connectivity index (χ3v) is 3.87. The van der Waals surface area contributed by atoms with E-state index in [2.05, 4.69) is 0 Å². The molecule has 110 valence electrons. The number of piperidine rings is 1. The predicted octanol–water partition coefficient (Wildman–Crippen LogP) is 1.88. The molecular formula is C16H18N2O3. The number of hydrogen-bond acceptors (Lipinski definition) is 4. The van der Waals surface area contributed by atoms with Crippen molar-refractivity contribution in [2.24, 2.45) is 5.73 Å². The molecule has 0 saturated carbocycles. The van der Waals surface area contributed by atoms with E-state index < -0.39 is 0 Å². The third kappa shape index (κ3) is 2.69. The summed E-state index contributed by atoms with van der Waals surface area (Å²) in [7, 11) is 0. The Morgan fingerprint density at radius 2 is 1.95 bits per heavy atom. The fourth-order valence-electron chi connectivity index (χ4n) is 2.72. The van der Waals surface area contributed by atoms with Crippen molar-refractivity contribution >= 4 is 16.9 Å². The highest BCUT2D eigenvalue weighted by atomic mass is 16.3. The maximum absolute atomic E-state index is 12.5. The quantitative estimate of drug-likeness (QED) is 0.914. The lowest BCUT2D eigenvalue weighted by Crippen LogP contribution is -2.35. The first-order chi connectivity index (χ1) is 10.2. The maximum atomic E-state index is 12.5. The molecule has 0 atom stereocenters. The predicted molar refractivity (Wildman–Crippen MR) is 80.1 cm³/mol.